The quantitative estimate of drug-likeness (QED) is 0.739. The summed E-state index contributed by atoms with van der Waals surface area (Å²) in [7, 11) is 0. The standard InChI is InChI=1S/C10H14N2OS/c1-7-3-4-11-5-9(7)6-12-10(13)8(2)14/h3-5,8,14H,6H2,1-2H3,(H,12,13). The van der Waals surface area contributed by atoms with E-state index in [0.29, 0.717) is 6.54 Å². The maximum absolute atomic E-state index is 11.2. The zero-order valence-corrected chi connectivity index (χ0v) is 9.21. The van der Waals surface area contributed by atoms with Crippen LogP contribution in [0.4, 0.5) is 0 Å². The lowest BCUT2D eigenvalue weighted by Gasteiger charge is -2.08. The predicted molar refractivity (Wildman–Crippen MR) is 59.3 cm³/mol. The zero-order chi connectivity index (χ0) is 10.6. The summed E-state index contributed by atoms with van der Waals surface area (Å²) in [5, 5.41) is 2.51. The average molecular weight is 210 g/mol. The Morgan fingerprint density at radius 1 is 1.71 bits per heavy atom. The van der Waals surface area contributed by atoms with Crippen molar-refractivity contribution in [1.29, 1.82) is 0 Å². The molecule has 1 aromatic rings. The fourth-order valence-electron chi connectivity index (χ4n) is 1.01. The van der Waals surface area contributed by atoms with E-state index < -0.39 is 0 Å². The van der Waals surface area contributed by atoms with Crippen LogP contribution < -0.4 is 5.32 Å². The minimum atomic E-state index is -0.271. The molecule has 0 spiro atoms. The number of nitrogens with zero attached hydrogens (tertiary/aromatic N) is 1. The molecule has 0 aliphatic carbocycles. The largest absolute Gasteiger partial charge is 0.351 e. The fourth-order valence-corrected chi connectivity index (χ4v) is 1.10. The minimum Gasteiger partial charge on any atom is -0.351 e. The van der Waals surface area contributed by atoms with Crippen LogP contribution in [0.25, 0.3) is 0 Å². The number of hydrogen-bond donors (Lipinski definition) is 2. The molecule has 3 nitrogen and oxygen atoms in total. The van der Waals surface area contributed by atoms with Crippen molar-refractivity contribution in [3.05, 3.63) is 29.6 Å². The smallest absolute Gasteiger partial charge is 0.232 e. The number of nitrogens with one attached hydrogen (secondary N) is 1. The van der Waals surface area contributed by atoms with Crippen molar-refractivity contribution in [1.82, 2.24) is 10.3 Å². The summed E-state index contributed by atoms with van der Waals surface area (Å²) < 4.78 is 0. The lowest BCUT2D eigenvalue weighted by atomic mass is 10.1. The van der Waals surface area contributed by atoms with E-state index in [0.717, 1.165) is 11.1 Å². The van der Waals surface area contributed by atoms with E-state index in [-0.39, 0.29) is 11.2 Å². The molecule has 0 bridgehead atoms. The Balaban J connectivity index is 2.54. The van der Waals surface area contributed by atoms with E-state index >= 15 is 0 Å². The van der Waals surface area contributed by atoms with Crippen molar-refractivity contribution >= 4 is 18.5 Å². The van der Waals surface area contributed by atoms with Crippen molar-refractivity contribution < 1.29 is 4.79 Å². The van der Waals surface area contributed by atoms with Gasteiger partial charge in [0.1, 0.15) is 0 Å². The molecular formula is C10H14N2OS. The second-order valence-corrected chi connectivity index (χ2v) is 3.97. The van der Waals surface area contributed by atoms with Crippen LogP contribution in [0.5, 0.6) is 0 Å². The monoisotopic (exact) mass is 210 g/mol. The Morgan fingerprint density at radius 3 is 3.00 bits per heavy atom. The van der Waals surface area contributed by atoms with Crippen LogP contribution in [0.3, 0.4) is 0 Å². The molecule has 4 heteroatoms. The van der Waals surface area contributed by atoms with Crippen LogP contribution in [0.1, 0.15) is 18.1 Å². The van der Waals surface area contributed by atoms with Crippen molar-refractivity contribution in [2.75, 3.05) is 0 Å². The van der Waals surface area contributed by atoms with Crippen LogP contribution >= 0.6 is 12.6 Å². The SMILES string of the molecule is Cc1ccncc1CNC(=O)C(C)S. The molecule has 0 radical (unpaired) electrons. The molecule has 14 heavy (non-hydrogen) atoms. The number of amides is 1. The van der Waals surface area contributed by atoms with Gasteiger partial charge < -0.3 is 5.32 Å². The van der Waals surface area contributed by atoms with E-state index in [1.807, 2.05) is 13.0 Å². The summed E-state index contributed by atoms with van der Waals surface area (Å²) in [6.07, 6.45) is 3.50. The molecule has 1 heterocycles. The molecule has 0 aromatic carbocycles. The number of aromatic nitrogens is 1. The van der Waals surface area contributed by atoms with Gasteiger partial charge in [-0.1, -0.05) is 0 Å². The van der Waals surface area contributed by atoms with Gasteiger partial charge in [0, 0.05) is 18.9 Å². The average Bonchev–Trinajstić information content (AvgIpc) is 2.16. The number of aryl methyl sites for hydroxylation is 1. The predicted octanol–water partition coefficient (Wildman–Crippen LogP) is 1.32. The van der Waals surface area contributed by atoms with Gasteiger partial charge in [-0.25, -0.2) is 0 Å². The molecule has 0 aliphatic rings. The summed E-state index contributed by atoms with van der Waals surface area (Å²) in [5.74, 6) is -0.0587. The summed E-state index contributed by atoms with van der Waals surface area (Å²) in [4.78, 5) is 15.2. The van der Waals surface area contributed by atoms with E-state index in [2.05, 4.69) is 22.9 Å². The van der Waals surface area contributed by atoms with Crippen molar-refractivity contribution in [3.8, 4) is 0 Å². The third-order valence-corrected chi connectivity index (χ3v) is 2.21. The molecule has 0 saturated heterocycles. The first-order chi connectivity index (χ1) is 6.61. The Morgan fingerprint density at radius 2 is 2.43 bits per heavy atom. The first-order valence-corrected chi connectivity index (χ1v) is 4.98. The van der Waals surface area contributed by atoms with E-state index in [1.54, 1.807) is 19.3 Å². The second kappa shape index (κ2) is 5.00. The van der Waals surface area contributed by atoms with Gasteiger partial charge in [0.15, 0.2) is 0 Å². The number of rotatable bonds is 3. The van der Waals surface area contributed by atoms with E-state index in [1.165, 1.54) is 0 Å². The van der Waals surface area contributed by atoms with Gasteiger partial charge in [0.05, 0.1) is 5.25 Å². The Kier molecular flexibility index (Phi) is 3.95. The third-order valence-electron chi connectivity index (χ3n) is 1.98. The van der Waals surface area contributed by atoms with E-state index in [9.17, 15) is 4.79 Å². The maximum atomic E-state index is 11.2. The lowest BCUT2D eigenvalue weighted by molar-refractivity contribution is -0.120. The minimum absolute atomic E-state index is 0.0587. The molecule has 0 aliphatic heterocycles. The van der Waals surface area contributed by atoms with Crippen LogP contribution in [0.2, 0.25) is 0 Å². The molecular weight excluding hydrogens is 196 g/mol. The van der Waals surface area contributed by atoms with Crippen molar-refractivity contribution in [3.63, 3.8) is 0 Å². The Bertz CT molecular complexity index is 326. The summed E-state index contributed by atoms with van der Waals surface area (Å²) >= 11 is 4.04. The van der Waals surface area contributed by atoms with Crippen LogP contribution in [0, 0.1) is 6.92 Å². The molecule has 1 unspecified atom stereocenters. The topological polar surface area (TPSA) is 42.0 Å². The number of thiol groups is 1. The number of hydrogen-bond acceptors (Lipinski definition) is 3. The summed E-state index contributed by atoms with van der Waals surface area (Å²) in [5.41, 5.74) is 2.17. The van der Waals surface area contributed by atoms with Gasteiger partial charge in [0.2, 0.25) is 5.91 Å². The fraction of sp³-hybridized carbons (Fsp3) is 0.400. The van der Waals surface area contributed by atoms with Crippen LogP contribution in [-0.2, 0) is 11.3 Å². The van der Waals surface area contributed by atoms with Gasteiger partial charge in [0.25, 0.3) is 0 Å². The molecule has 1 aromatic heterocycles. The molecule has 0 saturated carbocycles. The zero-order valence-electron chi connectivity index (χ0n) is 8.32. The molecule has 1 N–H and O–H groups in total. The molecule has 0 fully saturated rings. The molecule has 1 rings (SSSR count). The Labute approximate surface area is 89.3 Å². The molecule has 76 valence electrons. The highest BCUT2D eigenvalue weighted by Gasteiger charge is 2.07. The second-order valence-electron chi connectivity index (χ2n) is 3.20. The van der Waals surface area contributed by atoms with Gasteiger partial charge in [-0.3, -0.25) is 9.78 Å². The number of carbonyl (C=O) groups is 1. The van der Waals surface area contributed by atoms with Gasteiger partial charge in [-0.15, -0.1) is 0 Å². The third kappa shape index (κ3) is 3.03. The number of carbonyl (C=O) groups excluding carboxylic acids is 1. The highest BCUT2D eigenvalue weighted by atomic mass is 32.1. The van der Waals surface area contributed by atoms with Crippen LogP contribution in [-0.4, -0.2) is 16.1 Å². The first kappa shape index (κ1) is 11.0. The summed E-state index contributed by atoms with van der Waals surface area (Å²) in [6.45, 7) is 4.26. The molecule has 1 atom stereocenters. The lowest BCUT2D eigenvalue weighted by Crippen LogP contribution is -2.29. The number of pyridine rings is 1. The van der Waals surface area contributed by atoms with Crippen molar-refractivity contribution in [2.24, 2.45) is 0 Å². The maximum Gasteiger partial charge on any atom is 0.232 e. The summed E-state index contributed by atoms with van der Waals surface area (Å²) in [6, 6.07) is 1.92. The van der Waals surface area contributed by atoms with Gasteiger partial charge in [-0.05, 0) is 31.0 Å². The molecule has 1 amide bonds. The van der Waals surface area contributed by atoms with Crippen molar-refractivity contribution in [2.45, 2.75) is 25.6 Å². The van der Waals surface area contributed by atoms with Gasteiger partial charge >= 0.3 is 0 Å². The Hall–Kier alpha value is -1.03. The normalized spacial score (nSPS) is 12.2. The highest BCUT2D eigenvalue weighted by Crippen LogP contribution is 2.04. The highest BCUT2D eigenvalue weighted by molar-refractivity contribution is 7.81. The van der Waals surface area contributed by atoms with Gasteiger partial charge in [-0.2, -0.15) is 12.6 Å². The first-order valence-electron chi connectivity index (χ1n) is 4.46. The van der Waals surface area contributed by atoms with E-state index in [4.69, 9.17) is 0 Å². The van der Waals surface area contributed by atoms with Crippen LogP contribution in [0.15, 0.2) is 18.5 Å².